The van der Waals surface area contributed by atoms with Crippen LogP contribution in [0.1, 0.15) is 36.0 Å². The number of nitro benzene ring substituents is 1. The van der Waals surface area contributed by atoms with E-state index in [9.17, 15) is 28.1 Å². The first-order valence-electron chi connectivity index (χ1n) is 9.44. The highest BCUT2D eigenvalue weighted by Gasteiger charge is 2.30. The van der Waals surface area contributed by atoms with Crippen molar-refractivity contribution in [2.24, 2.45) is 0 Å². The number of anilines is 1. The van der Waals surface area contributed by atoms with Crippen LogP contribution < -0.4 is 10.6 Å². The maximum Gasteiger partial charge on any atom is 0.270 e. The molecular weight excluding hydrogens is 410 g/mol. The number of carbonyl (C=O) groups is 2. The molecule has 9 nitrogen and oxygen atoms in total. The molecule has 1 aliphatic rings. The fraction of sp³-hybridized carbons (Fsp3) is 0.300. The number of amides is 2. The summed E-state index contributed by atoms with van der Waals surface area (Å²) >= 11 is 0. The van der Waals surface area contributed by atoms with Gasteiger partial charge in [0.05, 0.1) is 21.6 Å². The van der Waals surface area contributed by atoms with Gasteiger partial charge >= 0.3 is 0 Å². The van der Waals surface area contributed by atoms with E-state index in [-0.39, 0.29) is 22.7 Å². The number of sulfone groups is 1. The maximum atomic E-state index is 12.7. The van der Waals surface area contributed by atoms with Crippen molar-refractivity contribution in [1.82, 2.24) is 5.32 Å². The molecule has 2 aromatic rings. The summed E-state index contributed by atoms with van der Waals surface area (Å²) in [7, 11) is -3.45. The zero-order valence-electron chi connectivity index (χ0n) is 16.0. The fourth-order valence-electron chi connectivity index (χ4n) is 3.37. The van der Waals surface area contributed by atoms with Gasteiger partial charge in [0.15, 0.2) is 9.84 Å². The number of rotatable bonds is 7. The van der Waals surface area contributed by atoms with E-state index in [4.69, 9.17) is 0 Å². The Morgan fingerprint density at radius 1 is 1.07 bits per heavy atom. The lowest BCUT2D eigenvalue weighted by atomic mass is 10.2. The first-order valence-corrected chi connectivity index (χ1v) is 11.0. The van der Waals surface area contributed by atoms with Crippen LogP contribution in [0.15, 0.2) is 53.4 Å². The molecule has 0 heterocycles. The Hall–Kier alpha value is -3.27. The van der Waals surface area contributed by atoms with Gasteiger partial charge in [-0.1, -0.05) is 25.0 Å². The van der Waals surface area contributed by atoms with Gasteiger partial charge in [0, 0.05) is 23.4 Å². The molecular formula is C20H21N3O6S. The van der Waals surface area contributed by atoms with Gasteiger partial charge in [-0.05, 0) is 37.1 Å². The number of benzene rings is 2. The van der Waals surface area contributed by atoms with Crippen molar-refractivity contribution in [2.75, 3.05) is 11.9 Å². The summed E-state index contributed by atoms with van der Waals surface area (Å²) in [4.78, 5) is 34.6. The van der Waals surface area contributed by atoms with Crippen LogP contribution in [0.4, 0.5) is 11.4 Å². The third-order valence-corrected chi connectivity index (χ3v) is 7.18. The van der Waals surface area contributed by atoms with E-state index >= 15 is 0 Å². The number of nitrogens with zero attached hydrogens (tertiary/aromatic N) is 1. The Balaban J connectivity index is 1.61. The number of carbonyl (C=O) groups excluding carboxylic acids is 2. The van der Waals surface area contributed by atoms with Crippen LogP contribution in [0, 0.1) is 10.1 Å². The summed E-state index contributed by atoms with van der Waals surface area (Å²) in [6, 6.07) is 11.2. The Labute approximate surface area is 173 Å². The van der Waals surface area contributed by atoms with E-state index in [1.165, 1.54) is 30.3 Å². The first-order chi connectivity index (χ1) is 14.3. The van der Waals surface area contributed by atoms with Crippen molar-refractivity contribution in [3.63, 3.8) is 0 Å². The van der Waals surface area contributed by atoms with Crippen LogP contribution in [0.3, 0.4) is 0 Å². The summed E-state index contributed by atoms with van der Waals surface area (Å²) < 4.78 is 25.4. The Bertz CT molecular complexity index is 1080. The molecule has 2 aromatic carbocycles. The Morgan fingerprint density at radius 2 is 1.77 bits per heavy atom. The van der Waals surface area contributed by atoms with Gasteiger partial charge in [0.1, 0.15) is 0 Å². The minimum atomic E-state index is -3.45. The van der Waals surface area contributed by atoms with Crippen molar-refractivity contribution in [2.45, 2.75) is 35.8 Å². The topological polar surface area (TPSA) is 135 Å². The SMILES string of the molecule is O=C(CNC(=O)c1cccc([N+](=O)[O-])c1)Nc1cccc(S(=O)(=O)C2CCCC2)c1. The predicted molar refractivity (Wildman–Crippen MR) is 110 cm³/mol. The highest BCUT2D eigenvalue weighted by molar-refractivity contribution is 7.92. The van der Waals surface area contributed by atoms with Crippen LogP contribution >= 0.6 is 0 Å². The molecule has 2 N–H and O–H groups in total. The van der Waals surface area contributed by atoms with Crippen molar-refractivity contribution < 1.29 is 22.9 Å². The Kier molecular flexibility index (Phi) is 6.46. The summed E-state index contributed by atoms with van der Waals surface area (Å²) in [6.07, 6.45) is 3.07. The van der Waals surface area contributed by atoms with Gasteiger partial charge in [-0.3, -0.25) is 19.7 Å². The van der Waals surface area contributed by atoms with Crippen LogP contribution in [-0.2, 0) is 14.6 Å². The van der Waals surface area contributed by atoms with Gasteiger partial charge in [-0.2, -0.15) is 0 Å². The maximum absolute atomic E-state index is 12.7. The molecule has 10 heteroatoms. The number of hydrogen-bond acceptors (Lipinski definition) is 6. The minimum absolute atomic E-state index is 0.0571. The molecule has 0 spiro atoms. The second-order valence-electron chi connectivity index (χ2n) is 7.02. The normalized spacial score (nSPS) is 14.3. The van der Waals surface area contributed by atoms with Crippen molar-refractivity contribution >= 4 is 33.0 Å². The molecule has 0 aromatic heterocycles. The van der Waals surface area contributed by atoms with E-state index in [0.717, 1.165) is 18.9 Å². The van der Waals surface area contributed by atoms with Crippen LogP contribution in [0.2, 0.25) is 0 Å². The lowest BCUT2D eigenvalue weighted by Crippen LogP contribution is -2.32. The number of hydrogen-bond donors (Lipinski definition) is 2. The molecule has 1 aliphatic carbocycles. The molecule has 0 atom stereocenters. The van der Waals surface area contributed by atoms with Gasteiger partial charge in [-0.15, -0.1) is 0 Å². The van der Waals surface area contributed by atoms with Gasteiger partial charge in [0.2, 0.25) is 5.91 Å². The highest BCUT2D eigenvalue weighted by Crippen LogP contribution is 2.30. The van der Waals surface area contributed by atoms with E-state index in [1.54, 1.807) is 12.1 Å². The smallest absolute Gasteiger partial charge is 0.270 e. The molecule has 0 saturated heterocycles. The molecule has 158 valence electrons. The quantitative estimate of drug-likeness (QED) is 0.511. The van der Waals surface area contributed by atoms with Gasteiger partial charge in [0.25, 0.3) is 11.6 Å². The molecule has 1 fully saturated rings. The Morgan fingerprint density at radius 3 is 2.47 bits per heavy atom. The molecule has 0 bridgehead atoms. The molecule has 0 radical (unpaired) electrons. The third-order valence-electron chi connectivity index (χ3n) is 4.92. The monoisotopic (exact) mass is 431 g/mol. The first kappa shape index (κ1) is 21.4. The van der Waals surface area contributed by atoms with Crippen LogP contribution in [0.25, 0.3) is 0 Å². The van der Waals surface area contributed by atoms with E-state index in [1.807, 2.05) is 0 Å². The highest BCUT2D eigenvalue weighted by atomic mass is 32.2. The largest absolute Gasteiger partial charge is 0.343 e. The van der Waals surface area contributed by atoms with E-state index in [2.05, 4.69) is 10.6 Å². The molecule has 30 heavy (non-hydrogen) atoms. The standard InChI is InChI=1S/C20H21N3O6S/c24-19(13-21-20(25)14-5-3-7-16(11-14)23(26)27)22-15-6-4-10-18(12-15)30(28,29)17-8-1-2-9-17/h3-7,10-12,17H,1-2,8-9,13H2,(H,21,25)(H,22,24). The zero-order valence-corrected chi connectivity index (χ0v) is 16.9. The van der Waals surface area contributed by atoms with Gasteiger partial charge in [-0.25, -0.2) is 8.42 Å². The zero-order chi connectivity index (χ0) is 21.7. The third kappa shape index (κ3) is 5.01. The van der Waals surface area contributed by atoms with Crippen molar-refractivity contribution in [3.8, 4) is 0 Å². The number of nitrogens with one attached hydrogen (secondary N) is 2. The average Bonchev–Trinajstić information content (AvgIpc) is 3.28. The lowest BCUT2D eigenvalue weighted by molar-refractivity contribution is -0.384. The van der Waals surface area contributed by atoms with E-state index < -0.39 is 31.8 Å². The lowest BCUT2D eigenvalue weighted by Gasteiger charge is -2.13. The summed E-state index contributed by atoms with van der Waals surface area (Å²) in [5.41, 5.74) is 0.137. The predicted octanol–water partition coefficient (Wildman–Crippen LogP) is 2.68. The van der Waals surface area contributed by atoms with Crippen LogP contribution in [0.5, 0.6) is 0 Å². The average molecular weight is 431 g/mol. The minimum Gasteiger partial charge on any atom is -0.343 e. The summed E-state index contributed by atoms with van der Waals surface area (Å²) in [6.45, 7) is -0.374. The number of nitro groups is 1. The number of non-ortho nitro benzene ring substituents is 1. The molecule has 0 unspecified atom stereocenters. The summed E-state index contributed by atoms with van der Waals surface area (Å²) in [5, 5.41) is 15.3. The second kappa shape index (κ2) is 9.04. The second-order valence-corrected chi connectivity index (χ2v) is 9.25. The van der Waals surface area contributed by atoms with Gasteiger partial charge < -0.3 is 10.6 Å². The molecule has 3 rings (SSSR count). The molecule has 1 saturated carbocycles. The van der Waals surface area contributed by atoms with Crippen molar-refractivity contribution in [3.05, 3.63) is 64.2 Å². The molecule has 2 amide bonds. The fourth-order valence-corrected chi connectivity index (χ4v) is 5.27. The van der Waals surface area contributed by atoms with Crippen molar-refractivity contribution in [1.29, 1.82) is 0 Å². The van der Waals surface area contributed by atoms with E-state index in [0.29, 0.717) is 18.5 Å². The molecule has 0 aliphatic heterocycles. The summed E-state index contributed by atoms with van der Waals surface area (Å²) in [5.74, 6) is -1.18. The van der Waals surface area contributed by atoms with Crippen LogP contribution in [-0.4, -0.2) is 37.0 Å².